The van der Waals surface area contributed by atoms with Crippen molar-refractivity contribution in [1.82, 2.24) is 4.72 Å². The van der Waals surface area contributed by atoms with Crippen molar-refractivity contribution in [2.24, 2.45) is 11.1 Å². The van der Waals surface area contributed by atoms with Gasteiger partial charge in [0.2, 0.25) is 10.0 Å². The SMILES string of the molecule is CC1(CNS(=O)(=O)c2ccc(CN)cc2Br)CC1. The summed E-state index contributed by atoms with van der Waals surface area (Å²) in [5.41, 5.74) is 6.56. The Morgan fingerprint density at radius 2 is 2.11 bits per heavy atom. The van der Waals surface area contributed by atoms with Crippen molar-refractivity contribution in [3.8, 4) is 0 Å². The molecule has 0 amide bonds. The van der Waals surface area contributed by atoms with Gasteiger partial charge in [-0.25, -0.2) is 13.1 Å². The molecule has 0 unspecified atom stereocenters. The summed E-state index contributed by atoms with van der Waals surface area (Å²) >= 11 is 3.29. The number of halogens is 1. The summed E-state index contributed by atoms with van der Waals surface area (Å²) in [6.45, 7) is 2.98. The Morgan fingerprint density at radius 1 is 1.44 bits per heavy atom. The largest absolute Gasteiger partial charge is 0.326 e. The maximum Gasteiger partial charge on any atom is 0.241 e. The molecule has 1 aliphatic carbocycles. The van der Waals surface area contributed by atoms with E-state index in [1.54, 1.807) is 18.2 Å². The first-order valence-electron chi connectivity index (χ1n) is 5.84. The molecule has 1 aromatic carbocycles. The standard InChI is InChI=1S/C12H17BrN2O2S/c1-12(4-5-12)8-15-18(16,17)11-3-2-9(7-14)6-10(11)13/h2-3,6,15H,4-5,7-8,14H2,1H3. The Morgan fingerprint density at radius 3 is 2.61 bits per heavy atom. The second-order valence-corrected chi connectivity index (χ2v) is 7.69. The average Bonchev–Trinajstić information content (AvgIpc) is 3.05. The lowest BCUT2D eigenvalue weighted by Gasteiger charge is -2.12. The van der Waals surface area contributed by atoms with Crippen LogP contribution in [0.4, 0.5) is 0 Å². The highest BCUT2D eigenvalue weighted by Crippen LogP contribution is 2.44. The topological polar surface area (TPSA) is 72.2 Å². The molecule has 0 heterocycles. The summed E-state index contributed by atoms with van der Waals surface area (Å²) in [6.07, 6.45) is 2.17. The van der Waals surface area contributed by atoms with Crippen LogP contribution in [0.15, 0.2) is 27.6 Å². The van der Waals surface area contributed by atoms with Crippen molar-refractivity contribution in [3.05, 3.63) is 28.2 Å². The highest BCUT2D eigenvalue weighted by molar-refractivity contribution is 9.10. The van der Waals surface area contributed by atoms with Crippen LogP contribution in [0.5, 0.6) is 0 Å². The number of benzene rings is 1. The molecular formula is C12H17BrN2O2S. The van der Waals surface area contributed by atoms with Gasteiger partial charge in [-0.15, -0.1) is 0 Å². The van der Waals surface area contributed by atoms with Crippen molar-refractivity contribution < 1.29 is 8.42 Å². The third-order valence-corrected chi connectivity index (χ3v) is 5.69. The van der Waals surface area contributed by atoms with E-state index in [2.05, 4.69) is 27.6 Å². The van der Waals surface area contributed by atoms with E-state index in [0.717, 1.165) is 18.4 Å². The molecular weight excluding hydrogens is 316 g/mol. The smallest absolute Gasteiger partial charge is 0.241 e. The summed E-state index contributed by atoms with van der Waals surface area (Å²) < 4.78 is 27.5. The van der Waals surface area contributed by atoms with Crippen LogP contribution in [-0.2, 0) is 16.6 Å². The molecule has 0 radical (unpaired) electrons. The van der Waals surface area contributed by atoms with Crippen molar-refractivity contribution in [1.29, 1.82) is 0 Å². The van der Waals surface area contributed by atoms with Gasteiger partial charge in [0, 0.05) is 17.6 Å². The van der Waals surface area contributed by atoms with Gasteiger partial charge >= 0.3 is 0 Å². The van der Waals surface area contributed by atoms with Crippen molar-refractivity contribution in [2.75, 3.05) is 6.54 Å². The third-order valence-electron chi connectivity index (χ3n) is 3.31. The minimum Gasteiger partial charge on any atom is -0.326 e. The minimum absolute atomic E-state index is 0.150. The molecule has 1 fully saturated rings. The van der Waals surface area contributed by atoms with E-state index in [-0.39, 0.29) is 10.3 Å². The Labute approximate surface area is 116 Å². The molecule has 0 aromatic heterocycles. The zero-order chi connectivity index (χ0) is 13.4. The van der Waals surface area contributed by atoms with E-state index in [4.69, 9.17) is 5.73 Å². The zero-order valence-corrected chi connectivity index (χ0v) is 12.6. The summed E-state index contributed by atoms with van der Waals surface area (Å²) in [6, 6.07) is 5.06. The van der Waals surface area contributed by atoms with Crippen LogP contribution in [0.1, 0.15) is 25.3 Å². The van der Waals surface area contributed by atoms with E-state index >= 15 is 0 Å². The Kier molecular flexibility index (Phi) is 3.82. The van der Waals surface area contributed by atoms with Gasteiger partial charge in [-0.3, -0.25) is 0 Å². The van der Waals surface area contributed by atoms with Gasteiger partial charge in [0.15, 0.2) is 0 Å². The van der Waals surface area contributed by atoms with Crippen molar-refractivity contribution >= 4 is 26.0 Å². The first kappa shape index (κ1) is 14.0. The maximum absolute atomic E-state index is 12.2. The Hall–Kier alpha value is -0.430. The zero-order valence-electron chi connectivity index (χ0n) is 10.2. The fraction of sp³-hybridized carbons (Fsp3) is 0.500. The van der Waals surface area contributed by atoms with E-state index in [0.29, 0.717) is 17.6 Å². The molecule has 1 aliphatic rings. The van der Waals surface area contributed by atoms with E-state index in [1.807, 2.05) is 0 Å². The van der Waals surface area contributed by atoms with Gasteiger partial charge in [0.05, 0.1) is 4.90 Å². The predicted molar refractivity (Wildman–Crippen MR) is 74.6 cm³/mol. The van der Waals surface area contributed by atoms with Crippen LogP contribution in [0.3, 0.4) is 0 Å². The first-order valence-corrected chi connectivity index (χ1v) is 8.12. The molecule has 6 heteroatoms. The van der Waals surface area contributed by atoms with Crippen LogP contribution < -0.4 is 10.5 Å². The molecule has 2 rings (SSSR count). The Bertz CT molecular complexity index is 553. The number of nitrogens with one attached hydrogen (secondary N) is 1. The van der Waals surface area contributed by atoms with Crippen molar-refractivity contribution in [2.45, 2.75) is 31.2 Å². The Balaban J connectivity index is 2.18. The van der Waals surface area contributed by atoms with Gasteiger partial charge < -0.3 is 5.73 Å². The number of nitrogens with two attached hydrogens (primary N) is 1. The molecule has 1 saturated carbocycles. The summed E-state index contributed by atoms with van der Waals surface area (Å²) in [4.78, 5) is 0.268. The lowest BCUT2D eigenvalue weighted by atomic mass is 10.2. The van der Waals surface area contributed by atoms with Crippen LogP contribution in [-0.4, -0.2) is 15.0 Å². The molecule has 0 atom stereocenters. The van der Waals surface area contributed by atoms with Crippen LogP contribution in [0.25, 0.3) is 0 Å². The quantitative estimate of drug-likeness (QED) is 0.866. The summed E-state index contributed by atoms with van der Waals surface area (Å²) in [7, 11) is -3.45. The van der Waals surface area contributed by atoms with Gasteiger partial charge in [-0.2, -0.15) is 0 Å². The highest BCUT2D eigenvalue weighted by atomic mass is 79.9. The molecule has 0 spiro atoms. The monoisotopic (exact) mass is 332 g/mol. The van der Waals surface area contributed by atoms with Gasteiger partial charge in [0.1, 0.15) is 0 Å². The second-order valence-electron chi connectivity index (χ2n) is 5.10. The minimum atomic E-state index is -3.45. The molecule has 18 heavy (non-hydrogen) atoms. The van der Waals surface area contributed by atoms with Crippen LogP contribution in [0.2, 0.25) is 0 Å². The van der Waals surface area contributed by atoms with E-state index in [9.17, 15) is 8.42 Å². The van der Waals surface area contributed by atoms with E-state index in [1.165, 1.54) is 0 Å². The average molecular weight is 333 g/mol. The lowest BCUT2D eigenvalue weighted by molar-refractivity contribution is 0.530. The van der Waals surface area contributed by atoms with Crippen LogP contribution >= 0.6 is 15.9 Å². The molecule has 0 bridgehead atoms. The number of hydrogen-bond acceptors (Lipinski definition) is 3. The number of sulfonamides is 1. The molecule has 1 aromatic rings. The van der Waals surface area contributed by atoms with Crippen LogP contribution in [0, 0.1) is 5.41 Å². The maximum atomic E-state index is 12.2. The summed E-state index contributed by atoms with van der Waals surface area (Å²) in [5, 5.41) is 0. The highest BCUT2D eigenvalue weighted by Gasteiger charge is 2.38. The molecule has 0 saturated heterocycles. The number of rotatable bonds is 5. The lowest BCUT2D eigenvalue weighted by Crippen LogP contribution is -2.29. The second kappa shape index (κ2) is 4.92. The molecule has 3 N–H and O–H groups in total. The molecule has 100 valence electrons. The third kappa shape index (κ3) is 3.12. The fourth-order valence-corrected chi connectivity index (χ4v) is 3.95. The van der Waals surface area contributed by atoms with E-state index < -0.39 is 10.0 Å². The molecule has 0 aliphatic heterocycles. The number of hydrogen-bond donors (Lipinski definition) is 2. The predicted octanol–water partition coefficient (Wildman–Crippen LogP) is 1.99. The first-order chi connectivity index (χ1) is 8.36. The van der Waals surface area contributed by atoms with Gasteiger partial charge in [-0.1, -0.05) is 13.0 Å². The van der Waals surface area contributed by atoms with Gasteiger partial charge in [0.25, 0.3) is 0 Å². The van der Waals surface area contributed by atoms with Crippen molar-refractivity contribution in [3.63, 3.8) is 0 Å². The molecule has 4 nitrogen and oxygen atoms in total. The normalized spacial score (nSPS) is 17.7. The fourth-order valence-electron chi connectivity index (χ4n) is 1.63. The summed E-state index contributed by atoms with van der Waals surface area (Å²) in [5.74, 6) is 0. The van der Waals surface area contributed by atoms with Gasteiger partial charge in [-0.05, 0) is 51.9 Å².